The zero-order valence-corrected chi connectivity index (χ0v) is 14.5. The normalized spacial score (nSPS) is 14.3. The van der Waals surface area contributed by atoms with Gasteiger partial charge in [0.25, 0.3) is 5.91 Å². The number of hydrogen-bond donors (Lipinski definition) is 2. The predicted molar refractivity (Wildman–Crippen MR) is 102 cm³/mol. The molecule has 2 N–H and O–H groups in total. The lowest BCUT2D eigenvalue weighted by Crippen LogP contribution is -2.03. The Kier molecular flexibility index (Phi) is 4.26. The number of aryl methyl sites for hydroxylation is 2. The number of rotatable bonds is 1. The SMILES string of the molecule is CC.Cc1ccc2[nH]c(/C=C3\C(=O)Nc4ccccc43)c(C)c2c1. The maximum atomic E-state index is 12.2. The molecule has 0 aliphatic carbocycles. The van der Waals surface area contributed by atoms with E-state index in [0.29, 0.717) is 5.57 Å². The van der Waals surface area contributed by atoms with Gasteiger partial charge < -0.3 is 10.3 Å². The number of anilines is 1. The number of benzene rings is 2. The number of aromatic nitrogens is 1. The van der Waals surface area contributed by atoms with Crippen LogP contribution in [0.2, 0.25) is 0 Å². The van der Waals surface area contributed by atoms with Crippen molar-refractivity contribution in [2.24, 2.45) is 0 Å². The third-order valence-electron chi connectivity index (χ3n) is 4.25. The van der Waals surface area contributed by atoms with Crippen LogP contribution in [0.1, 0.15) is 36.2 Å². The van der Waals surface area contributed by atoms with Gasteiger partial charge in [-0.05, 0) is 43.7 Å². The molecule has 1 amide bonds. The summed E-state index contributed by atoms with van der Waals surface area (Å²) in [7, 11) is 0. The molecule has 2 aromatic carbocycles. The first kappa shape index (κ1) is 16.1. The van der Waals surface area contributed by atoms with Crippen molar-refractivity contribution in [3.63, 3.8) is 0 Å². The lowest BCUT2D eigenvalue weighted by atomic mass is 10.0. The highest BCUT2D eigenvalue weighted by Gasteiger charge is 2.23. The van der Waals surface area contributed by atoms with E-state index in [2.05, 4.69) is 42.3 Å². The molecular formula is C21H22N2O. The number of H-pyrrole nitrogens is 1. The molecule has 0 radical (unpaired) electrons. The monoisotopic (exact) mass is 318 g/mol. The van der Waals surface area contributed by atoms with Gasteiger partial charge in [-0.2, -0.15) is 0 Å². The summed E-state index contributed by atoms with van der Waals surface area (Å²) in [4.78, 5) is 15.6. The van der Waals surface area contributed by atoms with Gasteiger partial charge in [0.05, 0.1) is 5.57 Å². The Morgan fingerprint density at radius 1 is 1.00 bits per heavy atom. The van der Waals surface area contributed by atoms with Crippen LogP contribution in [0.25, 0.3) is 22.6 Å². The van der Waals surface area contributed by atoms with E-state index in [-0.39, 0.29) is 5.91 Å². The number of fused-ring (bicyclic) bond motifs is 2. The first-order valence-electron chi connectivity index (χ1n) is 8.35. The smallest absolute Gasteiger partial charge is 0.256 e. The molecule has 1 aliphatic rings. The van der Waals surface area contributed by atoms with Crippen LogP contribution in [-0.4, -0.2) is 10.9 Å². The van der Waals surface area contributed by atoms with Gasteiger partial charge in [-0.1, -0.05) is 43.7 Å². The van der Waals surface area contributed by atoms with E-state index < -0.39 is 0 Å². The fourth-order valence-corrected chi connectivity index (χ4v) is 3.03. The highest BCUT2D eigenvalue weighted by atomic mass is 16.2. The predicted octanol–water partition coefficient (Wildman–Crippen LogP) is 5.30. The summed E-state index contributed by atoms with van der Waals surface area (Å²) >= 11 is 0. The number of para-hydroxylation sites is 1. The van der Waals surface area contributed by atoms with Crippen LogP contribution in [0, 0.1) is 13.8 Å². The molecular weight excluding hydrogens is 296 g/mol. The van der Waals surface area contributed by atoms with E-state index in [4.69, 9.17) is 0 Å². The second-order valence-electron chi connectivity index (χ2n) is 5.77. The van der Waals surface area contributed by atoms with Crippen molar-refractivity contribution in [2.75, 3.05) is 5.32 Å². The average Bonchev–Trinajstić information content (AvgIpc) is 3.08. The van der Waals surface area contributed by atoms with E-state index >= 15 is 0 Å². The van der Waals surface area contributed by atoms with E-state index in [1.54, 1.807) is 0 Å². The molecule has 1 aromatic heterocycles. The summed E-state index contributed by atoms with van der Waals surface area (Å²) in [6.07, 6.45) is 1.95. The van der Waals surface area contributed by atoms with Gasteiger partial charge in [-0.25, -0.2) is 0 Å². The minimum atomic E-state index is -0.0459. The van der Waals surface area contributed by atoms with Crippen LogP contribution in [0.4, 0.5) is 5.69 Å². The largest absolute Gasteiger partial charge is 0.355 e. The molecule has 1 aliphatic heterocycles. The lowest BCUT2D eigenvalue weighted by Gasteiger charge is -1.98. The minimum Gasteiger partial charge on any atom is -0.355 e. The van der Waals surface area contributed by atoms with Crippen molar-refractivity contribution in [1.29, 1.82) is 0 Å². The van der Waals surface area contributed by atoms with E-state index in [0.717, 1.165) is 22.5 Å². The first-order valence-corrected chi connectivity index (χ1v) is 8.35. The molecule has 0 unspecified atom stereocenters. The van der Waals surface area contributed by atoms with Gasteiger partial charge in [0.15, 0.2) is 0 Å². The van der Waals surface area contributed by atoms with Crippen LogP contribution in [-0.2, 0) is 4.79 Å². The second-order valence-corrected chi connectivity index (χ2v) is 5.77. The fourth-order valence-electron chi connectivity index (χ4n) is 3.03. The average molecular weight is 318 g/mol. The van der Waals surface area contributed by atoms with E-state index in [1.807, 2.05) is 44.2 Å². The van der Waals surface area contributed by atoms with Gasteiger partial charge in [-0.15, -0.1) is 0 Å². The quantitative estimate of drug-likeness (QED) is 0.587. The molecule has 2 heterocycles. The van der Waals surface area contributed by atoms with Crippen molar-refractivity contribution in [2.45, 2.75) is 27.7 Å². The van der Waals surface area contributed by atoms with Crippen LogP contribution in [0.3, 0.4) is 0 Å². The van der Waals surface area contributed by atoms with E-state index in [9.17, 15) is 4.79 Å². The van der Waals surface area contributed by atoms with Crippen molar-refractivity contribution in [3.8, 4) is 0 Å². The van der Waals surface area contributed by atoms with Crippen molar-refractivity contribution in [3.05, 3.63) is 64.8 Å². The third kappa shape index (κ3) is 2.62. The summed E-state index contributed by atoms with van der Waals surface area (Å²) in [6.45, 7) is 8.17. The van der Waals surface area contributed by atoms with Gasteiger partial charge in [0, 0.05) is 27.8 Å². The Balaban J connectivity index is 0.000000815. The second kappa shape index (κ2) is 6.36. The number of amides is 1. The number of carbonyl (C=O) groups is 1. The Morgan fingerprint density at radius 2 is 1.75 bits per heavy atom. The molecule has 3 nitrogen and oxygen atoms in total. The molecule has 0 fully saturated rings. The highest BCUT2D eigenvalue weighted by Crippen LogP contribution is 2.34. The summed E-state index contributed by atoms with van der Waals surface area (Å²) in [5, 5.41) is 4.12. The molecule has 0 spiro atoms. The number of hydrogen-bond acceptors (Lipinski definition) is 1. The van der Waals surface area contributed by atoms with Crippen LogP contribution >= 0.6 is 0 Å². The minimum absolute atomic E-state index is 0.0459. The Bertz CT molecular complexity index is 948. The van der Waals surface area contributed by atoms with Crippen LogP contribution in [0.5, 0.6) is 0 Å². The summed E-state index contributed by atoms with van der Waals surface area (Å²) in [5.74, 6) is -0.0459. The van der Waals surface area contributed by atoms with E-state index in [1.165, 1.54) is 16.5 Å². The fraction of sp³-hybridized carbons (Fsp3) is 0.190. The molecule has 0 saturated carbocycles. The summed E-state index contributed by atoms with van der Waals surface area (Å²) in [6, 6.07) is 14.1. The first-order chi connectivity index (χ1) is 11.6. The highest BCUT2D eigenvalue weighted by molar-refractivity contribution is 6.35. The number of carbonyl (C=O) groups excluding carboxylic acids is 1. The zero-order chi connectivity index (χ0) is 17.3. The molecule has 24 heavy (non-hydrogen) atoms. The zero-order valence-electron chi connectivity index (χ0n) is 14.5. The third-order valence-corrected chi connectivity index (χ3v) is 4.25. The van der Waals surface area contributed by atoms with Gasteiger partial charge in [0.2, 0.25) is 0 Å². The maximum absolute atomic E-state index is 12.2. The maximum Gasteiger partial charge on any atom is 0.256 e. The number of nitrogens with one attached hydrogen (secondary N) is 2. The van der Waals surface area contributed by atoms with Crippen LogP contribution in [0.15, 0.2) is 42.5 Å². The Morgan fingerprint density at radius 3 is 2.54 bits per heavy atom. The topological polar surface area (TPSA) is 44.9 Å². The molecule has 3 heteroatoms. The molecule has 4 rings (SSSR count). The lowest BCUT2D eigenvalue weighted by molar-refractivity contribution is -0.110. The van der Waals surface area contributed by atoms with Gasteiger partial charge in [0.1, 0.15) is 0 Å². The van der Waals surface area contributed by atoms with Gasteiger partial charge >= 0.3 is 0 Å². The molecule has 0 bridgehead atoms. The van der Waals surface area contributed by atoms with Crippen molar-refractivity contribution in [1.82, 2.24) is 4.98 Å². The summed E-state index contributed by atoms with van der Waals surface area (Å²) in [5.41, 5.74) is 7.04. The Labute approximate surface area is 142 Å². The summed E-state index contributed by atoms with van der Waals surface area (Å²) < 4.78 is 0. The molecule has 0 saturated heterocycles. The van der Waals surface area contributed by atoms with Crippen molar-refractivity contribution >= 4 is 34.1 Å². The molecule has 122 valence electrons. The van der Waals surface area contributed by atoms with Crippen LogP contribution < -0.4 is 5.32 Å². The molecule has 0 atom stereocenters. The standard InChI is InChI=1S/C19H16N2O.C2H6/c1-11-7-8-17-14(9-11)12(2)18(20-17)10-15-13-5-3-4-6-16(13)21-19(15)22;1-2/h3-10,20H,1-2H3,(H,21,22);1-2H3/b15-10-;. The Hall–Kier alpha value is -2.81. The number of aromatic amines is 1. The van der Waals surface area contributed by atoms with Gasteiger partial charge in [-0.3, -0.25) is 4.79 Å². The molecule has 3 aromatic rings. The van der Waals surface area contributed by atoms with Crippen molar-refractivity contribution < 1.29 is 4.79 Å².